The number of methoxy groups -OCH3 is 1. The molecule has 0 saturated carbocycles. The third kappa shape index (κ3) is 6.16. The van der Waals surface area contributed by atoms with Crippen molar-refractivity contribution in [3.8, 4) is 11.5 Å². The molecule has 1 fully saturated rings. The highest BCUT2D eigenvalue weighted by molar-refractivity contribution is 9.10. The summed E-state index contributed by atoms with van der Waals surface area (Å²) in [6, 6.07) is 11.0. The normalized spacial score (nSPS) is 15.0. The Balaban J connectivity index is 1.86. The van der Waals surface area contributed by atoms with Gasteiger partial charge in [0.1, 0.15) is 11.5 Å². The molecule has 0 amide bonds. The second kappa shape index (κ2) is 10.6. The van der Waals surface area contributed by atoms with E-state index >= 15 is 0 Å². The summed E-state index contributed by atoms with van der Waals surface area (Å²) in [5, 5.41) is 10.8. The number of phenolic OH excluding ortho intramolecular Hbond substituents is 1. The SMILES string of the molecule is COCOc1cc(CN2CCCCC2)c(O)c(C(=O)/C=C/c2cccc(Br)c2)c1. The number of ether oxygens (including phenoxy) is 2. The van der Waals surface area contributed by atoms with Crippen LogP contribution in [0, 0.1) is 0 Å². The third-order valence-corrected chi connectivity index (χ3v) is 5.38. The number of carbonyl (C=O) groups is 1. The lowest BCUT2D eigenvalue weighted by Gasteiger charge is -2.27. The third-order valence-electron chi connectivity index (χ3n) is 4.89. The summed E-state index contributed by atoms with van der Waals surface area (Å²) >= 11 is 3.42. The predicted octanol–water partition coefficient (Wildman–Crippen LogP) is 5.02. The van der Waals surface area contributed by atoms with Crippen LogP contribution in [-0.2, 0) is 11.3 Å². The van der Waals surface area contributed by atoms with Gasteiger partial charge in [0, 0.05) is 23.7 Å². The van der Waals surface area contributed by atoms with Crippen molar-refractivity contribution in [2.75, 3.05) is 27.0 Å². The molecule has 0 radical (unpaired) electrons. The van der Waals surface area contributed by atoms with Gasteiger partial charge in [0.2, 0.25) is 0 Å². The Bertz CT molecular complexity index is 875. The first-order valence-corrected chi connectivity index (χ1v) is 10.5. The molecular weight excluding hydrogens is 434 g/mol. The molecule has 0 atom stereocenters. The zero-order valence-corrected chi connectivity index (χ0v) is 18.2. The maximum atomic E-state index is 12.8. The van der Waals surface area contributed by atoms with Crippen molar-refractivity contribution in [2.24, 2.45) is 0 Å². The van der Waals surface area contributed by atoms with E-state index in [9.17, 15) is 9.90 Å². The number of phenols is 1. The van der Waals surface area contributed by atoms with Crippen molar-refractivity contribution in [3.05, 3.63) is 63.6 Å². The fraction of sp³-hybridized carbons (Fsp3) is 0.348. The Morgan fingerprint density at radius 3 is 2.72 bits per heavy atom. The van der Waals surface area contributed by atoms with Crippen LogP contribution in [0.1, 0.15) is 40.7 Å². The highest BCUT2D eigenvalue weighted by atomic mass is 79.9. The predicted molar refractivity (Wildman–Crippen MR) is 117 cm³/mol. The first-order chi connectivity index (χ1) is 14.1. The number of aromatic hydroxyl groups is 1. The Kier molecular flexibility index (Phi) is 7.86. The standard InChI is InChI=1S/C23H26BrNO4/c1-28-16-29-20-13-18(15-25-10-3-2-4-11-25)23(27)21(14-20)22(26)9-8-17-6-5-7-19(24)12-17/h5-9,12-14,27H,2-4,10-11,15-16H2,1H3/b9-8+. The van der Waals surface area contributed by atoms with Crippen molar-refractivity contribution < 1.29 is 19.4 Å². The number of hydrogen-bond acceptors (Lipinski definition) is 5. The van der Waals surface area contributed by atoms with Gasteiger partial charge in [-0.2, -0.15) is 0 Å². The minimum absolute atomic E-state index is 0.0178. The summed E-state index contributed by atoms with van der Waals surface area (Å²) in [5.41, 5.74) is 1.82. The zero-order chi connectivity index (χ0) is 20.6. The minimum Gasteiger partial charge on any atom is -0.507 e. The molecule has 0 spiro atoms. The Morgan fingerprint density at radius 1 is 1.21 bits per heavy atom. The maximum Gasteiger partial charge on any atom is 0.189 e. The number of allylic oxidation sites excluding steroid dienone is 1. The summed E-state index contributed by atoms with van der Waals surface area (Å²) in [5.74, 6) is 0.255. The van der Waals surface area contributed by atoms with Gasteiger partial charge in [-0.05, 0) is 61.8 Å². The molecule has 154 valence electrons. The molecule has 1 aliphatic heterocycles. The highest BCUT2D eigenvalue weighted by Gasteiger charge is 2.19. The molecule has 1 saturated heterocycles. The van der Waals surface area contributed by atoms with Gasteiger partial charge >= 0.3 is 0 Å². The fourth-order valence-electron chi connectivity index (χ4n) is 3.41. The number of carbonyl (C=O) groups excluding carboxylic acids is 1. The van der Waals surface area contributed by atoms with Gasteiger partial charge in [-0.15, -0.1) is 0 Å². The van der Waals surface area contributed by atoms with E-state index in [0.717, 1.165) is 36.0 Å². The van der Waals surface area contributed by atoms with Gasteiger partial charge in [-0.1, -0.05) is 40.6 Å². The monoisotopic (exact) mass is 459 g/mol. The van der Waals surface area contributed by atoms with Crippen molar-refractivity contribution in [1.82, 2.24) is 4.90 Å². The Morgan fingerprint density at radius 2 is 2.00 bits per heavy atom. The number of halogens is 1. The van der Waals surface area contributed by atoms with E-state index in [-0.39, 0.29) is 23.9 Å². The van der Waals surface area contributed by atoms with E-state index in [4.69, 9.17) is 9.47 Å². The van der Waals surface area contributed by atoms with E-state index in [1.807, 2.05) is 24.3 Å². The number of ketones is 1. The summed E-state index contributed by atoms with van der Waals surface area (Å²) in [6.45, 7) is 2.66. The highest BCUT2D eigenvalue weighted by Crippen LogP contribution is 2.31. The number of nitrogens with zero attached hydrogens (tertiary/aromatic N) is 1. The molecule has 2 aromatic rings. The van der Waals surface area contributed by atoms with Crippen molar-refractivity contribution >= 4 is 27.8 Å². The summed E-state index contributed by atoms with van der Waals surface area (Å²) < 4.78 is 11.5. The molecule has 6 heteroatoms. The van der Waals surface area contributed by atoms with Gasteiger partial charge in [-0.25, -0.2) is 0 Å². The number of rotatable bonds is 8. The summed E-state index contributed by atoms with van der Waals surface area (Å²) in [6.07, 6.45) is 6.76. The van der Waals surface area contributed by atoms with E-state index in [0.29, 0.717) is 17.9 Å². The lowest BCUT2D eigenvalue weighted by molar-refractivity contribution is 0.0508. The average Bonchev–Trinajstić information content (AvgIpc) is 2.73. The molecule has 0 bridgehead atoms. The molecule has 3 rings (SSSR count). The van der Waals surface area contributed by atoms with Gasteiger partial charge in [0.25, 0.3) is 0 Å². The number of hydrogen-bond donors (Lipinski definition) is 1. The quantitative estimate of drug-likeness (QED) is 0.341. The van der Waals surface area contributed by atoms with Crippen LogP contribution < -0.4 is 4.74 Å². The Hall–Kier alpha value is -2.15. The first-order valence-electron chi connectivity index (χ1n) is 9.75. The fourth-order valence-corrected chi connectivity index (χ4v) is 3.83. The van der Waals surface area contributed by atoms with Crippen LogP contribution in [0.15, 0.2) is 46.9 Å². The largest absolute Gasteiger partial charge is 0.507 e. The van der Waals surface area contributed by atoms with Crippen molar-refractivity contribution in [2.45, 2.75) is 25.8 Å². The first kappa shape index (κ1) is 21.6. The summed E-state index contributed by atoms with van der Waals surface area (Å²) in [7, 11) is 1.54. The molecule has 0 unspecified atom stereocenters. The van der Waals surface area contributed by atoms with E-state index in [1.54, 1.807) is 25.3 Å². The average molecular weight is 460 g/mol. The van der Waals surface area contributed by atoms with Crippen LogP contribution in [-0.4, -0.2) is 42.8 Å². The van der Waals surface area contributed by atoms with E-state index in [2.05, 4.69) is 20.8 Å². The molecule has 1 N–H and O–H groups in total. The molecule has 0 aromatic heterocycles. The maximum absolute atomic E-state index is 12.8. The van der Waals surface area contributed by atoms with Crippen LogP contribution in [0.4, 0.5) is 0 Å². The van der Waals surface area contributed by atoms with E-state index in [1.165, 1.54) is 12.5 Å². The number of piperidine rings is 1. The second-order valence-corrected chi connectivity index (χ2v) is 8.03. The van der Waals surface area contributed by atoms with Crippen LogP contribution in [0.25, 0.3) is 6.08 Å². The minimum atomic E-state index is -0.273. The molecule has 1 aliphatic rings. The zero-order valence-electron chi connectivity index (χ0n) is 16.6. The molecule has 2 aromatic carbocycles. The molecule has 5 nitrogen and oxygen atoms in total. The van der Waals surface area contributed by atoms with Crippen LogP contribution >= 0.6 is 15.9 Å². The van der Waals surface area contributed by atoms with Crippen LogP contribution in [0.3, 0.4) is 0 Å². The number of benzene rings is 2. The lowest BCUT2D eigenvalue weighted by Crippen LogP contribution is -2.29. The topological polar surface area (TPSA) is 59.0 Å². The molecule has 29 heavy (non-hydrogen) atoms. The van der Waals surface area contributed by atoms with E-state index < -0.39 is 0 Å². The molecule has 1 heterocycles. The lowest BCUT2D eigenvalue weighted by atomic mass is 10.0. The second-order valence-electron chi connectivity index (χ2n) is 7.12. The van der Waals surface area contributed by atoms with Gasteiger partial charge in [-0.3, -0.25) is 9.69 Å². The Labute approximate surface area is 180 Å². The van der Waals surface area contributed by atoms with Crippen molar-refractivity contribution in [3.63, 3.8) is 0 Å². The van der Waals surface area contributed by atoms with Gasteiger partial charge < -0.3 is 14.6 Å². The molecular formula is C23H26BrNO4. The van der Waals surface area contributed by atoms with Gasteiger partial charge in [0.15, 0.2) is 12.6 Å². The smallest absolute Gasteiger partial charge is 0.189 e. The number of likely N-dealkylation sites (tertiary alicyclic amines) is 1. The molecule has 0 aliphatic carbocycles. The van der Waals surface area contributed by atoms with Crippen LogP contribution in [0.2, 0.25) is 0 Å². The van der Waals surface area contributed by atoms with Crippen molar-refractivity contribution in [1.29, 1.82) is 0 Å². The summed E-state index contributed by atoms with van der Waals surface area (Å²) in [4.78, 5) is 15.1. The van der Waals surface area contributed by atoms with Gasteiger partial charge in [0.05, 0.1) is 5.56 Å². The van der Waals surface area contributed by atoms with Crippen LogP contribution in [0.5, 0.6) is 11.5 Å².